The molecule has 0 radical (unpaired) electrons. The Morgan fingerprint density at radius 2 is 1.89 bits per heavy atom. The Labute approximate surface area is 108 Å². The van der Waals surface area contributed by atoms with Gasteiger partial charge in [0, 0.05) is 25.4 Å². The van der Waals surface area contributed by atoms with E-state index in [1.165, 1.54) is 6.42 Å². The van der Waals surface area contributed by atoms with Crippen LogP contribution in [0.2, 0.25) is 0 Å². The highest BCUT2D eigenvalue weighted by molar-refractivity contribution is 5.79. The molecule has 3 atom stereocenters. The molecule has 2 fully saturated rings. The van der Waals surface area contributed by atoms with Crippen LogP contribution < -0.4 is 0 Å². The first-order chi connectivity index (χ1) is 8.66. The van der Waals surface area contributed by atoms with Crippen LogP contribution in [0, 0.1) is 17.8 Å². The summed E-state index contributed by atoms with van der Waals surface area (Å²) < 4.78 is 0. The van der Waals surface area contributed by atoms with E-state index >= 15 is 0 Å². The minimum atomic E-state index is 0.137. The molecule has 0 saturated heterocycles. The van der Waals surface area contributed by atoms with Gasteiger partial charge in [-0.3, -0.25) is 9.78 Å². The zero-order valence-corrected chi connectivity index (χ0v) is 11.0. The number of carbonyl (C=O) groups is 1. The number of hydrogen-bond donors (Lipinski definition) is 0. The van der Waals surface area contributed by atoms with Crippen LogP contribution in [0.1, 0.15) is 37.8 Å². The number of pyridine rings is 1. The quantitative estimate of drug-likeness (QED) is 0.819. The third-order valence-electron chi connectivity index (χ3n) is 4.71. The average molecular weight is 244 g/mol. The molecule has 0 bridgehead atoms. The van der Waals surface area contributed by atoms with Gasteiger partial charge in [-0.15, -0.1) is 0 Å². The van der Waals surface area contributed by atoms with E-state index in [9.17, 15) is 4.79 Å². The summed E-state index contributed by atoms with van der Waals surface area (Å²) in [5, 5.41) is 0. The van der Waals surface area contributed by atoms with Gasteiger partial charge < -0.3 is 4.90 Å². The van der Waals surface area contributed by atoms with Gasteiger partial charge >= 0.3 is 0 Å². The third-order valence-corrected chi connectivity index (χ3v) is 4.71. The normalized spacial score (nSPS) is 30.7. The molecule has 3 heteroatoms. The molecule has 2 aliphatic carbocycles. The molecule has 1 aromatic rings. The number of nitrogens with zero attached hydrogens (tertiary/aromatic N) is 2. The Morgan fingerprint density at radius 1 is 1.28 bits per heavy atom. The zero-order chi connectivity index (χ0) is 12.7. The topological polar surface area (TPSA) is 33.2 Å². The molecule has 0 aromatic carbocycles. The Morgan fingerprint density at radius 3 is 2.50 bits per heavy atom. The number of fused-ring (bicyclic) bond motifs is 1. The van der Waals surface area contributed by atoms with Gasteiger partial charge in [0.05, 0.1) is 6.04 Å². The van der Waals surface area contributed by atoms with Crippen molar-refractivity contribution >= 4 is 5.91 Å². The standard InChI is InChI=1S/C15H20N2O/c1-10(11-3-5-16-6-4-11)17(2)15(18)14-8-12-7-13(12)9-14/h3-6,10,12-14H,7-9H2,1-2H3. The maximum absolute atomic E-state index is 12.4. The van der Waals surface area contributed by atoms with Crippen molar-refractivity contribution in [2.45, 2.75) is 32.2 Å². The first kappa shape index (κ1) is 11.7. The summed E-state index contributed by atoms with van der Waals surface area (Å²) in [4.78, 5) is 18.4. The van der Waals surface area contributed by atoms with Crippen molar-refractivity contribution in [3.05, 3.63) is 30.1 Å². The van der Waals surface area contributed by atoms with Gasteiger partial charge in [-0.2, -0.15) is 0 Å². The number of rotatable bonds is 3. The first-order valence-corrected chi connectivity index (χ1v) is 6.83. The Hall–Kier alpha value is -1.38. The van der Waals surface area contributed by atoms with E-state index in [0.29, 0.717) is 5.91 Å². The van der Waals surface area contributed by atoms with Crippen molar-refractivity contribution in [2.75, 3.05) is 7.05 Å². The molecule has 1 aromatic heterocycles. The van der Waals surface area contributed by atoms with Crippen LogP contribution in [0.15, 0.2) is 24.5 Å². The van der Waals surface area contributed by atoms with E-state index in [4.69, 9.17) is 0 Å². The van der Waals surface area contributed by atoms with Crippen molar-refractivity contribution in [3.8, 4) is 0 Å². The zero-order valence-electron chi connectivity index (χ0n) is 11.0. The Bertz CT molecular complexity index is 435. The van der Waals surface area contributed by atoms with E-state index in [0.717, 1.165) is 30.2 Å². The van der Waals surface area contributed by atoms with Crippen molar-refractivity contribution in [1.82, 2.24) is 9.88 Å². The summed E-state index contributed by atoms with van der Waals surface area (Å²) in [5.74, 6) is 2.33. The monoisotopic (exact) mass is 244 g/mol. The smallest absolute Gasteiger partial charge is 0.225 e. The lowest BCUT2D eigenvalue weighted by atomic mass is 10.00. The van der Waals surface area contributed by atoms with Gasteiger partial charge in [-0.25, -0.2) is 0 Å². The van der Waals surface area contributed by atoms with Crippen LogP contribution >= 0.6 is 0 Å². The second-order valence-corrected chi connectivity index (χ2v) is 5.83. The average Bonchev–Trinajstić information content (AvgIpc) is 3.03. The molecule has 3 nitrogen and oxygen atoms in total. The van der Waals surface area contributed by atoms with Crippen LogP contribution in [-0.4, -0.2) is 22.8 Å². The number of carbonyl (C=O) groups excluding carboxylic acids is 1. The molecule has 1 amide bonds. The summed E-state index contributed by atoms with van der Waals surface area (Å²) in [6, 6.07) is 4.11. The molecule has 0 spiro atoms. The van der Waals surface area contributed by atoms with Crippen LogP contribution in [0.25, 0.3) is 0 Å². The van der Waals surface area contributed by atoms with Crippen LogP contribution in [0.3, 0.4) is 0 Å². The summed E-state index contributed by atoms with van der Waals surface area (Å²) in [6.07, 6.45) is 7.19. The van der Waals surface area contributed by atoms with Crippen LogP contribution in [0.4, 0.5) is 0 Å². The predicted octanol–water partition coefficient (Wildman–Crippen LogP) is 2.65. The largest absolute Gasteiger partial charge is 0.339 e. The van der Waals surface area contributed by atoms with Crippen molar-refractivity contribution in [2.24, 2.45) is 17.8 Å². The molecule has 0 aliphatic heterocycles. The fourth-order valence-electron chi connectivity index (χ4n) is 3.26. The number of aromatic nitrogens is 1. The molecule has 18 heavy (non-hydrogen) atoms. The van der Waals surface area contributed by atoms with E-state index in [2.05, 4.69) is 11.9 Å². The maximum atomic E-state index is 12.4. The van der Waals surface area contributed by atoms with Gasteiger partial charge in [-0.1, -0.05) is 0 Å². The van der Waals surface area contributed by atoms with Crippen molar-refractivity contribution < 1.29 is 4.79 Å². The highest BCUT2D eigenvalue weighted by atomic mass is 16.2. The van der Waals surface area contributed by atoms with Crippen LogP contribution in [0.5, 0.6) is 0 Å². The molecule has 3 unspecified atom stereocenters. The Balaban J connectivity index is 1.66. The second-order valence-electron chi connectivity index (χ2n) is 5.83. The van der Waals surface area contributed by atoms with Gasteiger partial charge in [0.1, 0.15) is 0 Å². The van der Waals surface area contributed by atoms with Crippen molar-refractivity contribution in [3.63, 3.8) is 0 Å². The summed E-state index contributed by atoms with van der Waals surface area (Å²) in [7, 11) is 1.93. The molecule has 0 N–H and O–H groups in total. The molecule has 1 heterocycles. The maximum Gasteiger partial charge on any atom is 0.225 e. The van der Waals surface area contributed by atoms with E-state index in [-0.39, 0.29) is 12.0 Å². The van der Waals surface area contributed by atoms with Gasteiger partial charge in [0.25, 0.3) is 0 Å². The minimum absolute atomic E-state index is 0.137. The van der Waals surface area contributed by atoms with Gasteiger partial charge in [0.15, 0.2) is 0 Å². The summed E-state index contributed by atoms with van der Waals surface area (Å²) in [5.41, 5.74) is 1.16. The fraction of sp³-hybridized carbons (Fsp3) is 0.600. The molecular formula is C15H20N2O. The van der Waals surface area contributed by atoms with E-state index in [1.54, 1.807) is 12.4 Å². The van der Waals surface area contributed by atoms with Crippen molar-refractivity contribution in [1.29, 1.82) is 0 Å². The first-order valence-electron chi connectivity index (χ1n) is 6.83. The molecule has 2 aliphatic rings. The molecule has 2 saturated carbocycles. The lowest BCUT2D eigenvalue weighted by molar-refractivity contribution is -0.136. The highest BCUT2D eigenvalue weighted by Crippen LogP contribution is 2.54. The SMILES string of the molecule is CC(c1ccncc1)N(C)C(=O)C1CC2CC2C1. The minimum Gasteiger partial charge on any atom is -0.339 e. The molecular weight excluding hydrogens is 224 g/mol. The molecule has 96 valence electrons. The Kier molecular flexibility index (Phi) is 2.84. The lowest BCUT2D eigenvalue weighted by Crippen LogP contribution is -2.34. The van der Waals surface area contributed by atoms with Crippen LogP contribution in [-0.2, 0) is 4.79 Å². The van der Waals surface area contributed by atoms with E-state index < -0.39 is 0 Å². The van der Waals surface area contributed by atoms with Gasteiger partial charge in [0.2, 0.25) is 5.91 Å². The van der Waals surface area contributed by atoms with E-state index in [1.807, 2.05) is 24.1 Å². The fourth-order valence-corrected chi connectivity index (χ4v) is 3.26. The van der Waals surface area contributed by atoms with Gasteiger partial charge in [-0.05, 0) is 55.7 Å². The number of amides is 1. The second kappa shape index (κ2) is 4.38. The third kappa shape index (κ3) is 2.02. The number of hydrogen-bond acceptors (Lipinski definition) is 2. The lowest BCUT2D eigenvalue weighted by Gasteiger charge is -2.28. The highest BCUT2D eigenvalue weighted by Gasteiger charge is 2.48. The summed E-state index contributed by atoms with van der Waals surface area (Å²) >= 11 is 0. The summed E-state index contributed by atoms with van der Waals surface area (Å²) in [6.45, 7) is 2.09. The molecule has 3 rings (SSSR count). The predicted molar refractivity (Wildman–Crippen MR) is 69.7 cm³/mol.